The molecule has 38 heavy (non-hydrogen) atoms. The minimum Gasteiger partial charge on any atom is -0.381 e. The normalized spacial score (nSPS) is 22.8. The summed E-state index contributed by atoms with van der Waals surface area (Å²) in [5, 5.41) is 19.9. The van der Waals surface area contributed by atoms with Crippen molar-refractivity contribution in [2.75, 3.05) is 6.54 Å². The predicted octanol–water partition coefficient (Wildman–Crippen LogP) is 2.63. The molecule has 0 radical (unpaired) electrons. The van der Waals surface area contributed by atoms with E-state index in [0.717, 1.165) is 25.7 Å². The van der Waals surface area contributed by atoms with Crippen molar-refractivity contribution in [3.8, 4) is 0 Å². The fourth-order valence-corrected chi connectivity index (χ4v) is 5.68. The molecule has 5 atom stereocenters. The van der Waals surface area contributed by atoms with Crippen LogP contribution in [0, 0.1) is 23.2 Å². The Hall–Kier alpha value is -2.29. The summed E-state index contributed by atoms with van der Waals surface area (Å²) in [4.78, 5) is 40.9. The van der Waals surface area contributed by atoms with E-state index in [1.165, 1.54) is 0 Å². The van der Waals surface area contributed by atoms with Crippen LogP contribution < -0.4 is 21.7 Å². The number of nitrogens with one attached hydrogen (secondary N) is 3. The second-order valence-electron chi connectivity index (χ2n) is 13.9. The van der Waals surface area contributed by atoms with Crippen LogP contribution >= 0.6 is 0 Å². The Morgan fingerprint density at radius 2 is 1.66 bits per heavy atom. The SMILES string of the molecule is C=C(N[C@H](C(=O)N1CC[C@H](C(C)C)C1CC(=O)NC(CC1CCC1)C(O)C(N)=O)C(C)(C)C)NC(C)(C)C. The molecule has 9 nitrogen and oxygen atoms in total. The Morgan fingerprint density at radius 1 is 1.05 bits per heavy atom. The van der Waals surface area contributed by atoms with Crippen molar-refractivity contribution in [2.45, 2.75) is 124 Å². The molecule has 0 bridgehead atoms. The van der Waals surface area contributed by atoms with Gasteiger partial charge in [-0.15, -0.1) is 0 Å². The highest BCUT2D eigenvalue weighted by atomic mass is 16.3. The minimum atomic E-state index is -1.43. The molecule has 1 saturated heterocycles. The highest BCUT2D eigenvalue weighted by molar-refractivity contribution is 5.85. The molecule has 0 aromatic rings. The van der Waals surface area contributed by atoms with E-state index in [0.29, 0.717) is 24.7 Å². The van der Waals surface area contributed by atoms with Gasteiger partial charge in [0.25, 0.3) is 0 Å². The van der Waals surface area contributed by atoms with E-state index in [2.05, 4.69) is 36.4 Å². The number of aliphatic hydroxyl groups excluding tert-OH is 1. The summed E-state index contributed by atoms with van der Waals surface area (Å²) < 4.78 is 0. The molecule has 0 aromatic heterocycles. The van der Waals surface area contributed by atoms with Crippen LogP contribution in [0.1, 0.15) is 93.9 Å². The molecule has 6 N–H and O–H groups in total. The van der Waals surface area contributed by atoms with Gasteiger partial charge in [-0.25, -0.2) is 0 Å². The molecule has 2 fully saturated rings. The fraction of sp³-hybridized carbons (Fsp3) is 0.828. The molecule has 1 aliphatic carbocycles. The Labute approximate surface area is 229 Å². The van der Waals surface area contributed by atoms with E-state index in [-0.39, 0.29) is 41.7 Å². The van der Waals surface area contributed by atoms with Gasteiger partial charge in [-0.2, -0.15) is 0 Å². The molecule has 1 saturated carbocycles. The van der Waals surface area contributed by atoms with E-state index in [4.69, 9.17) is 5.73 Å². The number of nitrogens with two attached hydrogens (primary N) is 1. The van der Waals surface area contributed by atoms with Crippen LogP contribution in [0.5, 0.6) is 0 Å². The van der Waals surface area contributed by atoms with E-state index in [1.807, 2.05) is 46.4 Å². The second kappa shape index (κ2) is 12.7. The first-order chi connectivity index (χ1) is 17.4. The first kappa shape index (κ1) is 31.9. The molecular formula is C29H53N5O4. The van der Waals surface area contributed by atoms with Crippen LogP contribution in [0.3, 0.4) is 0 Å². The van der Waals surface area contributed by atoms with Gasteiger partial charge < -0.3 is 31.7 Å². The van der Waals surface area contributed by atoms with Crippen LogP contribution in [0.25, 0.3) is 0 Å². The van der Waals surface area contributed by atoms with Crippen LogP contribution in [0.2, 0.25) is 0 Å². The Balaban J connectivity index is 2.22. The van der Waals surface area contributed by atoms with Gasteiger partial charge in [0, 0.05) is 24.5 Å². The van der Waals surface area contributed by atoms with Crippen LogP contribution in [-0.4, -0.2) is 64.0 Å². The molecule has 2 rings (SSSR count). The monoisotopic (exact) mass is 535 g/mol. The maximum Gasteiger partial charge on any atom is 0.248 e. The summed E-state index contributed by atoms with van der Waals surface area (Å²) in [6.45, 7) is 21.0. The molecule has 3 unspecified atom stereocenters. The van der Waals surface area contributed by atoms with Crippen molar-refractivity contribution in [3.05, 3.63) is 12.4 Å². The van der Waals surface area contributed by atoms with Crippen LogP contribution in [0.15, 0.2) is 12.4 Å². The first-order valence-electron chi connectivity index (χ1n) is 14.2. The van der Waals surface area contributed by atoms with Crippen LogP contribution in [0.4, 0.5) is 0 Å². The summed E-state index contributed by atoms with van der Waals surface area (Å²) in [7, 11) is 0. The number of rotatable bonds is 12. The lowest BCUT2D eigenvalue weighted by atomic mass is 9.79. The van der Waals surface area contributed by atoms with Gasteiger partial charge >= 0.3 is 0 Å². The quantitative estimate of drug-likeness (QED) is 0.261. The van der Waals surface area contributed by atoms with Gasteiger partial charge in [0.1, 0.15) is 6.04 Å². The van der Waals surface area contributed by atoms with Gasteiger partial charge in [0.15, 0.2) is 6.10 Å². The zero-order valence-electron chi connectivity index (χ0n) is 24.9. The van der Waals surface area contributed by atoms with Crippen molar-refractivity contribution >= 4 is 17.7 Å². The molecular weight excluding hydrogens is 482 g/mol. The number of hydrogen-bond donors (Lipinski definition) is 5. The Kier molecular flexibility index (Phi) is 10.7. The highest BCUT2D eigenvalue weighted by Crippen LogP contribution is 2.35. The third-order valence-electron chi connectivity index (χ3n) is 7.92. The first-order valence-corrected chi connectivity index (χ1v) is 14.2. The molecule has 9 heteroatoms. The lowest BCUT2D eigenvalue weighted by Gasteiger charge is -2.39. The number of carbonyl (C=O) groups is 3. The van der Waals surface area contributed by atoms with Gasteiger partial charge in [-0.1, -0.05) is 60.5 Å². The molecule has 1 aliphatic heterocycles. The number of nitrogens with zero attached hydrogens (tertiary/aromatic N) is 1. The molecule has 3 amide bonds. The van der Waals surface area contributed by atoms with E-state index < -0.39 is 29.5 Å². The Morgan fingerprint density at radius 3 is 2.11 bits per heavy atom. The molecule has 0 spiro atoms. The summed E-state index contributed by atoms with van der Waals surface area (Å²) in [6, 6.07) is -1.54. The summed E-state index contributed by atoms with van der Waals surface area (Å²) in [6.07, 6.45) is 3.18. The average molecular weight is 536 g/mol. The van der Waals surface area contributed by atoms with Crippen molar-refractivity contribution in [3.63, 3.8) is 0 Å². The maximum absolute atomic E-state index is 14.0. The number of aliphatic hydroxyl groups is 1. The zero-order chi connectivity index (χ0) is 29.0. The second-order valence-corrected chi connectivity index (χ2v) is 13.9. The molecule has 0 aromatic carbocycles. The third-order valence-corrected chi connectivity index (χ3v) is 7.92. The largest absolute Gasteiger partial charge is 0.381 e. The van der Waals surface area contributed by atoms with Crippen molar-refractivity contribution in [2.24, 2.45) is 28.9 Å². The molecule has 1 heterocycles. The zero-order valence-corrected chi connectivity index (χ0v) is 24.9. The predicted molar refractivity (Wildman–Crippen MR) is 151 cm³/mol. The lowest BCUT2D eigenvalue weighted by molar-refractivity contribution is -0.138. The maximum atomic E-state index is 14.0. The number of carbonyl (C=O) groups excluding carboxylic acids is 3. The standard InChI is InChI=1S/C29H53N5O4/c1-17(2)20-13-14-34(27(38)25(28(4,5)6)31-18(3)33-29(7,8)9)22(20)16-23(35)32-21(24(36)26(30)37)15-19-11-10-12-19/h17,19-22,24-25,31,33,36H,3,10-16H2,1-2,4-9H3,(H2,30,37)(H,32,35)/t20-,21?,22?,24?,25-/m1/s1. The van der Waals surface area contributed by atoms with Gasteiger partial charge in [-0.3, -0.25) is 14.4 Å². The summed E-state index contributed by atoms with van der Waals surface area (Å²) in [5.41, 5.74) is 4.76. The van der Waals surface area contributed by atoms with Crippen molar-refractivity contribution < 1.29 is 19.5 Å². The number of likely N-dealkylation sites (tertiary alicyclic amines) is 1. The van der Waals surface area contributed by atoms with Crippen molar-refractivity contribution in [1.82, 2.24) is 20.9 Å². The Bertz CT molecular complexity index is 856. The number of amides is 3. The van der Waals surface area contributed by atoms with Crippen molar-refractivity contribution in [1.29, 1.82) is 0 Å². The van der Waals surface area contributed by atoms with Gasteiger partial charge in [0.2, 0.25) is 17.7 Å². The van der Waals surface area contributed by atoms with Crippen LogP contribution in [-0.2, 0) is 14.4 Å². The molecule has 2 aliphatic rings. The van der Waals surface area contributed by atoms with E-state index in [1.54, 1.807) is 0 Å². The number of hydrogen-bond acceptors (Lipinski definition) is 6. The van der Waals surface area contributed by atoms with E-state index >= 15 is 0 Å². The summed E-state index contributed by atoms with van der Waals surface area (Å²) in [5.74, 6) is 0.228. The van der Waals surface area contributed by atoms with Gasteiger partial charge in [-0.05, 0) is 56.8 Å². The minimum absolute atomic E-state index is 0.0569. The highest BCUT2D eigenvalue weighted by Gasteiger charge is 2.44. The third kappa shape index (κ3) is 8.89. The topological polar surface area (TPSA) is 137 Å². The smallest absolute Gasteiger partial charge is 0.248 e. The van der Waals surface area contributed by atoms with E-state index in [9.17, 15) is 19.5 Å². The molecule has 218 valence electrons. The lowest BCUT2D eigenvalue weighted by Crippen LogP contribution is -2.57. The average Bonchev–Trinajstić information content (AvgIpc) is 3.14. The van der Waals surface area contributed by atoms with Gasteiger partial charge in [0.05, 0.1) is 11.9 Å². The number of primary amides is 1. The fourth-order valence-electron chi connectivity index (χ4n) is 5.68. The summed E-state index contributed by atoms with van der Waals surface area (Å²) >= 11 is 0.